The molecule has 1 atom stereocenters. The molecule has 0 aliphatic carbocycles. The van der Waals surface area contributed by atoms with Gasteiger partial charge in [0.2, 0.25) is 0 Å². The van der Waals surface area contributed by atoms with Crippen LogP contribution in [-0.2, 0) is 4.74 Å². The lowest BCUT2D eigenvalue weighted by Crippen LogP contribution is -2.38. The van der Waals surface area contributed by atoms with Crippen molar-refractivity contribution in [3.8, 4) is 0 Å². The van der Waals surface area contributed by atoms with E-state index in [1.807, 2.05) is 43.3 Å². The Balaban J connectivity index is 1.99. The molecule has 3 rings (SSSR count). The average molecular weight is 450 g/mol. The molecule has 0 spiro atoms. The Hall–Kier alpha value is -1.98. The van der Waals surface area contributed by atoms with Crippen LogP contribution in [0.5, 0.6) is 0 Å². The summed E-state index contributed by atoms with van der Waals surface area (Å²) < 4.78 is 6.38. The number of carbonyl (C=O) groups excluding carboxylic acids is 1. The molecular formula is C21H22BrClN2O2. The summed E-state index contributed by atoms with van der Waals surface area (Å²) in [6.07, 6.45) is 3.28. The van der Waals surface area contributed by atoms with Gasteiger partial charge in [0.25, 0.3) is 0 Å². The summed E-state index contributed by atoms with van der Waals surface area (Å²) in [5.74, 6) is 0. The maximum Gasteiger partial charge on any atom is 0.410 e. The van der Waals surface area contributed by atoms with Gasteiger partial charge in [0.1, 0.15) is 0 Å². The predicted molar refractivity (Wildman–Crippen MR) is 114 cm³/mol. The molecule has 2 N–H and O–H groups in total. The van der Waals surface area contributed by atoms with Gasteiger partial charge in [0.05, 0.1) is 12.6 Å². The van der Waals surface area contributed by atoms with E-state index in [1.165, 1.54) is 0 Å². The van der Waals surface area contributed by atoms with E-state index >= 15 is 0 Å². The third-order valence-corrected chi connectivity index (χ3v) is 5.32. The van der Waals surface area contributed by atoms with Gasteiger partial charge in [-0.3, -0.25) is 4.90 Å². The Bertz CT molecular complexity index is 852. The first kappa shape index (κ1) is 19.8. The Morgan fingerprint density at radius 1 is 1.30 bits per heavy atom. The summed E-state index contributed by atoms with van der Waals surface area (Å²) >= 11 is 9.63. The smallest absolute Gasteiger partial charge is 0.410 e. The van der Waals surface area contributed by atoms with Gasteiger partial charge in [0.15, 0.2) is 0 Å². The van der Waals surface area contributed by atoms with Crippen LogP contribution in [0.3, 0.4) is 0 Å². The minimum atomic E-state index is -0.292. The third-order valence-electron chi connectivity index (χ3n) is 4.55. The van der Waals surface area contributed by atoms with Crippen LogP contribution < -0.4 is 5.73 Å². The number of nitrogens with zero attached hydrogens (tertiary/aromatic N) is 1. The van der Waals surface area contributed by atoms with Gasteiger partial charge in [-0.2, -0.15) is 0 Å². The molecule has 4 nitrogen and oxygen atoms in total. The van der Waals surface area contributed by atoms with Crippen LogP contribution in [0.4, 0.5) is 10.5 Å². The van der Waals surface area contributed by atoms with E-state index in [1.54, 1.807) is 11.0 Å². The average Bonchev–Trinajstić information content (AvgIpc) is 2.68. The normalized spacial score (nSPS) is 16.8. The second-order valence-corrected chi connectivity index (χ2v) is 7.83. The Labute approximate surface area is 173 Å². The van der Waals surface area contributed by atoms with Crippen molar-refractivity contribution in [2.45, 2.75) is 25.8 Å². The maximum atomic E-state index is 12.6. The molecule has 0 bridgehead atoms. The number of carbonyl (C=O) groups is 1. The van der Waals surface area contributed by atoms with Gasteiger partial charge in [-0.05, 0) is 54.3 Å². The topological polar surface area (TPSA) is 55.6 Å². The molecule has 0 saturated heterocycles. The zero-order valence-corrected chi connectivity index (χ0v) is 17.5. The second-order valence-electron chi connectivity index (χ2n) is 6.48. The first-order valence-corrected chi connectivity index (χ1v) is 10.1. The van der Waals surface area contributed by atoms with Crippen molar-refractivity contribution in [2.75, 3.05) is 18.9 Å². The SMILES string of the molecule is CCCOC(=O)N1CCC(c2cc(Cl)ccc2N)=CC1c1ccc(Br)cc1. The van der Waals surface area contributed by atoms with Crippen molar-refractivity contribution in [1.82, 2.24) is 4.90 Å². The number of benzene rings is 2. The molecule has 1 amide bonds. The highest BCUT2D eigenvalue weighted by Gasteiger charge is 2.29. The fraction of sp³-hybridized carbons (Fsp3) is 0.286. The van der Waals surface area contributed by atoms with E-state index < -0.39 is 0 Å². The maximum absolute atomic E-state index is 12.6. The van der Waals surface area contributed by atoms with Crippen LogP contribution in [0.1, 0.15) is 36.9 Å². The van der Waals surface area contributed by atoms with E-state index in [9.17, 15) is 4.79 Å². The predicted octanol–water partition coefficient (Wildman–Crippen LogP) is 6.06. The molecule has 1 heterocycles. The van der Waals surface area contributed by atoms with Crippen LogP contribution in [0, 0.1) is 0 Å². The summed E-state index contributed by atoms with van der Waals surface area (Å²) in [6.45, 7) is 2.96. The van der Waals surface area contributed by atoms with E-state index in [4.69, 9.17) is 22.1 Å². The standard InChI is InChI=1S/C21H22BrClN2O2/c1-2-11-27-21(26)25-10-9-15(18-13-17(23)7-8-19(18)24)12-20(25)14-3-5-16(22)6-4-14/h3-8,12-13,20H,2,9-11,24H2,1H3. The molecule has 6 heteroatoms. The highest BCUT2D eigenvalue weighted by Crippen LogP contribution is 2.37. The number of rotatable bonds is 4. The number of amides is 1. The quantitative estimate of drug-likeness (QED) is 0.577. The number of anilines is 1. The molecule has 2 aromatic rings. The van der Waals surface area contributed by atoms with Gasteiger partial charge in [-0.1, -0.05) is 52.7 Å². The van der Waals surface area contributed by atoms with Crippen molar-refractivity contribution in [1.29, 1.82) is 0 Å². The molecule has 142 valence electrons. The number of halogens is 2. The molecule has 0 aromatic heterocycles. The van der Waals surface area contributed by atoms with Gasteiger partial charge in [-0.25, -0.2) is 4.79 Å². The first-order chi connectivity index (χ1) is 13.0. The molecule has 1 aliphatic heterocycles. The van der Waals surface area contributed by atoms with Crippen molar-refractivity contribution in [3.05, 3.63) is 69.2 Å². The van der Waals surface area contributed by atoms with Gasteiger partial charge in [0, 0.05) is 27.3 Å². The van der Waals surface area contributed by atoms with Crippen LogP contribution >= 0.6 is 27.5 Å². The Kier molecular flexibility index (Phi) is 6.45. The van der Waals surface area contributed by atoms with Crippen molar-refractivity contribution in [2.24, 2.45) is 0 Å². The van der Waals surface area contributed by atoms with Crippen LogP contribution in [0.2, 0.25) is 5.02 Å². The summed E-state index contributed by atoms with van der Waals surface area (Å²) in [5.41, 5.74) is 9.88. The van der Waals surface area contributed by atoms with Crippen LogP contribution in [0.25, 0.3) is 5.57 Å². The van der Waals surface area contributed by atoms with Crippen molar-refractivity contribution < 1.29 is 9.53 Å². The molecule has 2 aromatic carbocycles. The number of nitrogens with two attached hydrogens (primary N) is 1. The van der Waals surface area contributed by atoms with E-state index in [0.717, 1.165) is 27.6 Å². The highest BCUT2D eigenvalue weighted by atomic mass is 79.9. The summed E-state index contributed by atoms with van der Waals surface area (Å²) in [4.78, 5) is 14.4. The van der Waals surface area contributed by atoms with Crippen LogP contribution in [0.15, 0.2) is 53.0 Å². The number of ether oxygens (including phenoxy) is 1. The van der Waals surface area contributed by atoms with Gasteiger partial charge >= 0.3 is 6.09 Å². The lowest BCUT2D eigenvalue weighted by Gasteiger charge is -2.34. The Morgan fingerprint density at radius 2 is 2.04 bits per heavy atom. The zero-order chi connectivity index (χ0) is 19.4. The van der Waals surface area contributed by atoms with Crippen molar-refractivity contribution >= 4 is 44.9 Å². The van der Waals surface area contributed by atoms with Gasteiger partial charge in [-0.15, -0.1) is 0 Å². The lowest BCUT2D eigenvalue weighted by atomic mass is 9.92. The number of nitrogen functional groups attached to an aromatic ring is 1. The molecule has 0 saturated carbocycles. The minimum Gasteiger partial charge on any atom is -0.449 e. The fourth-order valence-corrected chi connectivity index (χ4v) is 3.62. The zero-order valence-electron chi connectivity index (χ0n) is 15.1. The lowest BCUT2D eigenvalue weighted by molar-refractivity contribution is 0.0924. The summed E-state index contributed by atoms with van der Waals surface area (Å²) in [5, 5.41) is 0.644. The molecule has 0 radical (unpaired) electrons. The van der Waals surface area contributed by atoms with Gasteiger partial charge < -0.3 is 10.5 Å². The Morgan fingerprint density at radius 3 is 2.74 bits per heavy atom. The van der Waals surface area contributed by atoms with E-state index in [0.29, 0.717) is 30.3 Å². The third kappa shape index (κ3) is 4.66. The second kappa shape index (κ2) is 8.81. The van der Waals surface area contributed by atoms with E-state index in [-0.39, 0.29) is 12.1 Å². The first-order valence-electron chi connectivity index (χ1n) is 8.94. The summed E-state index contributed by atoms with van der Waals surface area (Å²) in [7, 11) is 0. The molecule has 1 unspecified atom stereocenters. The summed E-state index contributed by atoms with van der Waals surface area (Å²) in [6, 6.07) is 13.2. The largest absolute Gasteiger partial charge is 0.449 e. The van der Waals surface area contributed by atoms with Crippen LogP contribution in [-0.4, -0.2) is 24.1 Å². The van der Waals surface area contributed by atoms with Crippen molar-refractivity contribution in [3.63, 3.8) is 0 Å². The monoisotopic (exact) mass is 448 g/mol. The molecule has 27 heavy (non-hydrogen) atoms. The number of hydrogen-bond acceptors (Lipinski definition) is 3. The number of hydrogen-bond donors (Lipinski definition) is 1. The van der Waals surface area contributed by atoms with E-state index in [2.05, 4.69) is 22.0 Å². The highest BCUT2D eigenvalue weighted by molar-refractivity contribution is 9.10. The fourth-order valence-electron chi connectivity index (χ4n) is 3.19. The molecular weight excluding hydrogens is 428 g/mol. The molecule has 1 aliphatic rings. The molecule has 0 fully saturated rings. The minimum absolute atomic E-state index is 0.218.